The van der Waals surface area contributed by atoms with Crippen molar-refractivity contribution in [3.05, 3.63) is 335 Å². The highest BCUT2D eigenvalue weighted by Crippen LogP contribution is 2.36. The quantitative estimate of drug-likeness (QED) is 0.0200. The first-order valence-electron chi connectivity index (χ1n) is 46.0. The second kappa shape index (κ2) is 48.9. The van der Waals surface area contributed by atoms with Gasteiger partial charge in [0.2, 0.25) is 10.0 Å². The topological polar surface area (TPSA) is 397 Å². The maximum Gasteiger partial charge on any atom is 0.252 e. The number of piperidine rings is 4. The summed E-state index contributed by atoms with van der Waals surface area (Å²) in [5, 5.41) is 31.2. The molecule has 0 bridgehead atoms. The maximum absolute atomic E-state index is 13.2. The zero-order chi connectivity index (χ0) is 101. The molecule has 0 spiro atoms. The van der Waals surface area contributed by atoms with Crippen LogP contribution in [0.3, 0.4) is 0 Å². The van der Waals surface area contributed by atoms with Gasteiger partial charge in [-0.25, -0.2) is 47.2 Å². The molecule has 14 aromatic rings. The Labute approximate surface area is 868 Å². The fraction of sp³-hybridized carbons (Fsp3) is 0.267. The number of sulfonamides is 5. The number of anilines is 3. The van der Waals surface area contributed by atoms with Gasteiger partial charge >= 0.3 is 0 Å². The van der Waals surface area contributed by atoms with Crippen molar-refractivity contribution in [3.8, 4) is 5.75 Å². The van der Waals surface area contributed by atoms with Gasteiger partial charge in [-0.05, 0) is 276 Å². The fourth-order valence-corrected chi connectivity index (χ4v) is 29.2. The smallest absolute Gasteiger partial charge is 0.252 e. The van der Waals surface area contributed by atoms with Gasteiger partial charge in [-0.1, -0.05) is 102 Å². The number of nitrogens with two attached hydrogens (primary N) is 1. The van der Waals surface area contributed by atoms with E-state index in [9.17, 15) is 61.3 Å². The number of amides is 4. The minimum Gasteiger partial charge on any atom is -0.490 e. The molecule has 143 heavy (non-hydrogen) atoms. The van der Waals surface area contributed by atoms with Crippen molar-refractivity contribution in [2.75, 3.05) is 68.3 Å². The number of para-hydroxylation sites is 1. The standard InChI is InChI=1S/2C26H25ClN4O3S2.C26H29ClN2O4S2.C23H25ClN4O5S3/c27-19-8-6-18(7-9-19)26(32)29-17-21-10-11-25(35-21)36(33,34)31-15-12-20(13-16-31)30-24-5-1-4-23-22(24)3-2-14-28-23;27-20-8-6-19(7-9-20)26(32)29-17-22-10-11-24(35-22)36(33,34)31-15-12-21(13-16-31)30-23-5-1-3-18-4-2-14-28-25(18)23;1-2-4-19-5-3-6-23(17-19)33-22-13-15-29(16-14-22)35(31,32)25-12-11-24(34-25)18-28-26(30)20-7-9-21(27)10-8-20;24-17-6-4-16(5-7-17)23(29)26-15-20-8-9-22(34-20)36(32,33)28-12-10-18(11-13-28)27-19-2-1-3-21(14-19)35(25,30)31/h1-11,14,20,30H,12-13,15-17H2,(H,29,32);1-11,14,21,30H,12-13,15-17H2,(H,29,32);3,5-12,17,22H,2,4,13-16,18H2,1H3,(H,28,30);1-9,14,18,27H,10-13,15H2,(H,26,29)(H2,25,30,31). The highest BCUT2D eigenvalue weighted by Gasteiger charge is 2.37. The van der Waals surface area contributed by atoms with Gasteiger partial charge in [-0.2, -0.15) is 17.2 Å². The minimum atomic E-state index is -3.80. The summed E-state index contributed by atoms with van der Waals surface area (Å²) in [6.45, 7) is 6.41. The van der Waals surface area contributed by atoms with Crippen molar-refractivity contribution < 1.29 is 66.0 Å². The number of thiophene rings is 4. The van der Waals surface area contributed by atoms with Crippen LogP contribution in [-0.4, -0.2) is 169 Å². The van der Waals surface area contributed by atoms with Crippen molar-refractivity contribution in [2.24, 2.45) is 5.14 Å². The molecule has 0 atom stereocenters. The first-order valence-corrected chi connectivity index (χ1v) is 58.1. The van der Waals surface area contributed by atoms with Crippen LogP contribution in [0.25, 0.3) is 21.8 Å². The van der Waals surface area contributed by atoms with Crippen LogP contribution in [0.1, 0.15) is 131 Å². The number of fused-ring (bicyclic) bond motifs is 2. The van der Waals surface area contributed by atoms with E-state index >= 15 is 0 Å². The summed E-state index contributed by atoms with van der Waals surface area (Å²) >= 11 is 28.1. The molecule has 4 aliphatic rings. The molecule has 750 valence electrons. The van der Waals surface area contributed by atoms with Gasteiger partial charge in [0.1, 0.15) is 28.7 Å². The van der Waals surface area contributed by atoms with E-state index < -0.39 is 50.1 Å². The van der Waals surface area contributed by atoms with E-state index in [-0.39, 0.29) is 83.1 Å². The zero-order valence-electron chi connectivity index (χ0n) is 77.3. The summed E-state index contributed by atoms with van der Waals surface area (Å²) in [6.07, 6.45) is 10.9. The molecule has 4 saturated heterocycles. The molecular weight excluding hydrogens is 2080 g/mol. The molecule has 0 unspecified atom stereocenters. The van der Waals surface area contributed by atoms with Crippen LogP contribution in [0.2, 0.25) is 20.1 Å². The van der Waals surface area contributed by atoms with Gasteiger partial charge in [0, 0.05) is 167 Å². The molecule has 6 aromatic heterocycles. The lowest BCUT2D eigenvalue weighted by atomic mass is 10.1. The molecule has 0 saturated carbocycles. The number of benzene rings is 8. The van der Waals surface area contributed by atoms with Gasteiger partial charge < -0.3 is 42.0 Å². The lowest BCUT2D eigenvalue weighted by Gasteiger charge is -2.32. The molecule has 4 amide bonds. The highest BCUT2D eigenvalue weighted by molar-refractivity contribution is 7.92. The molecule has 4 aliphatic heterocycles. The van der Waals surface area contributed by atoms with Crippen molar-refractivity contribution in [1.82, 2.24) is 48.5 Å². The van der Waals surface area contributed by atoms with Crippen molar-refractivity contribution >= 4 is 204 Å². The number of hydrogen-bond acceptors (Lipinski definition) is 24. The van der Waals surface area contributed by atoms with Crippen LogP contribution < -0.4 is 47.1 Å². The number of nitrogens with zero attached hydrogens (tertiary/aromatic N) is 6. The Morgan fingerprint density at radius 1 is 0.378 bits per heavy atom. The lowest BCUT2D eigenvalue weighted by molar-refractivity contribution is 0.0943. The first kappa shape index (κ1) is 106. The number of halogens is 4. The van der Waals surface area contributed by atoms with Gasteiger partial charge in [0.05, 0.1) is 47.8 Å². The van der Waals surface area contributed by atoms with Crippen molar-refractivity contribution in [2.45, 2.75) is 143 Å². The summed E-state index contributed by atoms with van der Waals surface area (Å²) < 4.78 is 142. The number of rotatable bonds is 31. The van der Waals surface area contributed by atoms with Crippen molar-refractivity contribution in [3.63, 3.8) is 0 Å². The summed E-state index contributed by atoms with van der Waals surface area (Å²) in [6, 6.07) is 74.4. The molecule has 0 radical (unpaired) electrons. The number of nitrogens with one attached hydrogen (secondary N) is 7. The lowest BCUT2D eigenvalue weighted by Crippen LogP contribution is -2.42. The molecule has 29 nitrogen and oxygen atoms in total. The SMILES string of the molecule is CCCc1cccc(OC2CCN(S(=O)(=O)c3ccc(CNC(=O)c4ccc(Cl)cc4)s3)CC2)c1.NS(=O)(=O)c1cccc(NC2CCN(S(=O)(=O)c3ccc(CNC(=O)c4ccc(Cl)cc4)s3)CC2)c1.O=C(NCc1ccc(S(=O)(=O)N2CCC(Nc3cccc4cccnc34)CC2)s1)c1ccc(Cl)cc1.O=C(NCc1ccc(S(=O)(=O)N2CCC(Nc3cccc4ncccc34)CC2)s1)c1ccc(Cl)cc1. The summed E-state index contributed by atoms with van der Waals surface area (Å²) in [7, 11) is -18.2. The average Bonchev–Trinajstić information content (AvgIpc) is 1.68. The molecule has 4 fully saturated rings. The average molecular weight is 2180 g/mol. The largest absolute Gasteiger partial charge is 0.490 e. The first-order chi connectivity index (χ1) is 68.7. The number of aryl methyl sites for hydroxylation is 1. The van der Waals surface area contributed by atoms with E-state index in [4.69, 9.17) is 56.3 Å². The van der Waals surface area contributed by atoms with Crippen LogP contribution >= 0.6 is 91.8 Å². The predicted molar refractivity (Wildman–Crippen MR) is 568 cm³/mol. The number of ether oxygens (including phenoxy) is 1. The number of carbonyl (C=O) groups excluding carboxylic acids is 4. The third-order valence-electron chi connectivity index (χ3n) is 24.1. The summed E-state index contributed by atoms with van der Waals surface area (Å²) in [5.41, 5.74) is 7.68. The zero-order valence-corrected chi connectivity index (χ0v) is 87.7. The molecule has 42 heteroatoms. The van der Waals surface area contributed by atoms with E-state index in [1.807, 2.05) is 72.8 Å². The Morgan fingerprint density at radius 2 is 0.727 bits per heavy atom. The van der Waals surface area contributed by atoms with E-state index in [1.165, 1.54) is 60.3 Å². The second-order valence-electron chi connectivity index (χ2n) is 34.1. The third kappa shape index (κ3) is 28.7. The highest BCUT2D eigenvalue weighted by atomic mass is 35.5. The van der Waals surface area contributed by atoms with E-state index in [1.54, 1.807) is 179 Å². The number of aromatic nitrogens is 2. The normalized spacial score (nSPS) is 15.2. The number of carbonyl (C=O) groups is 4. The second-order valence-corrected chi connectivity index (χ2v) is 50.7. The number of primary sulfonamides is 1. The van der Waals surface area contributed by atoms with Crippen LogP contribution in [0.4, 0.5) is 17.1 Å². The van der Waals surface area contributed by atoms with Crippen LogP contribution in [-0.2, 0) is 82.7 Å². The van der Waals surface area contributed by atoms with E-state index in [0.29, 0.717) is 164 Å². The van der Waals surface area contributed by atoms with Crippen LogP contribution in [0.15, 0.2) is 289 Å². The maximum atomic E-state index is 13.2. The van der Waals surface area contributed by atoms with E-state index in [2.05, 4.69) is 66.2 Å². The van der Waals surface area contributed by atoms with Crippen LogP contribution in [0.5, 0.6) is 5.75 Å². The van der Waals surface area contributed by atoms with Gasteiger partial charge in [0.15, 0.2) is 0 Å². The molecule has 8 aromatic carbocycles. The molecule has 10 heterocycles. The number of hydrogen-bond donors (Lipinski definition) is 8. The van der Waals surface area contributed by atoms with Gasteiger partial charge in [0.25, 0.3) is 63.7 Å². The fourth-order valence-electron chi connectivity index (χ4n) is 16.4. The van der Waals surface area contributed by atoms with Gasteiger partial charge in [-0.3, -0.25) is 29.1 Å². The Hall–Kier alpha value is -10.8. The minimum absolute atomic E-state index is 0.000281. The van der Waals surface area contributed by atoms with Crippen LogP contribution in [0, 0.1) is 0 Å². The Balaban J connectivity index is 0.000000144. The molecular formula is C101H104Cl4N14O15S9. The number of pyridine rings is 2. The summed E-state index contributed by atoms with van der Waals surface area (Å²) in [4.78, 5) is 61.2. The predicted octanol–water partition coefficient (Wildman–Crippen LogP) is 19.0. The summed E-state index contributed by atoms with van der Waals surface area (Å²) in [5.74, 6) is -0.127. The third-order valence-corrected chi connectivity index (χ3v) is 39.8. The van der Waals surface area contributed by atoms with Gasteiger partial charge in [-0.15, -0.1) is 45.3 Å². The Bertz CT molecular complexity index is 7170. The Kier molecular flexibility index (Phi) is 36.4. The molecule has 18 rings (SSSR count). The monoisotopic (exact) mass is 2180 g/mol. The molecule has 0 aliphatic carbocycles. The molecule has 9 N–H and O–H groups in total. The van der Waals surface area contributed by atoms with Crippen molar-refractivity contribution in [1.29, 1.82) is 0 Å². The van der Waals surface area contributed by atoms with E-state index in [0.717, 1.165) is 82.6 Å². The Morgan fingerprint density at radius 3 is 1.13 bits per heavy atom.